The Morgan fingerprint density at radius 2 is 1.76 bits per heavy atom. The van der Waals surface area contributed by atoms with E-state index in [1.165, 1.54) is 51.6 Å². The van der Waals surface area contributed by atoms with Crippen molar-refractivity contribution in [3.63, 3.8) is 0 Å². The summed E-state index contributed by atoms with van der Waals surface area (Å²) < 4.78 is 1.98. The fourth-order valence-corrected chi connectivity index (χ4v) is 4.39. The van der Waals surface area contributed by atoms with Crippen molar-refractivity contribution in [2.24, 2.45) is 0 Å². The number of aromatic nitrogens is 3. The van der Waals surface area contributed by atoms with Gasteiger partial charge in [0.05, 0.1) is 18.3 Å². The Morgan fingerprint density at radius 3 is 2.40 bits per heavy atom. The van der Waals surface area contributed by atoms with Crippen molar-refractivity contribution < 1.29 is 9.90 Å². The van der Waals surface area contributed by atoms with Crippen LogP contribution in [0.4, 0.5) is 0 Å². The number of aromatic carboxylic acids is 1. The van der Waals surface area contributed by atoms with Gasteiger partial charge >= 0.3 is 5.97 Å². The molecule has 0 radical (unpaired) electrons. The topological polar surface area (TPSA) is 71.2 Å². The maximum Gasteiger partial charge on any atom is 0.335 e. The first-order valence-corrected chi connectivity index (χ1v) is 9.15. The molecule has 0 amide bonds. The van der Waals surface area contributed by atoms with Crippen LogP contribution in [0, 0.1) is 0 Å². The lowest BCUT2D eigenvalue weighted by Crippen LogP contribution is -2.48. The first-order valence-electron chi connectivity index (χ1n) is 9.15. The van der Waals surface area contributed by atoms with E-state index < -0.39 is 5.97 Å². The Hall–Kier alpha value is -2.21. The number of carbonyl (C=O) groups is 1. The quantitative estimate of drug-likeness (QED) is 0.906. The van der Waals surface area contributed by atoms with Crippen LogP contribution in [0.15, 0.2) is 30.5 Å². The number of benzene rings is 1. The van der Waals surface area contributed by atoms with Gasteiger partial charge in [-0.25, -0.2) is 4.79 Å². The molecule has 2 fully saturated rings. The van der Waals surface area contributed by atoms with Crippen molar-refractivity contribution in [2.75, 3.05) is 13.1 Å². The molecule has 2 aromatic rings. The number of carboxylic acid groups (broad SMARTS) is 1. The molecule has 1 saturated heterocycles. The Morgan fingerprint density at radius 1 is 1.08 bits per heavy atom. The van der Waals surface area contributed by atoms with E-state index in [9.17, 15) is 4.79 Å². The molecule has 0 unspecified atom stereocenters. The Balaban J connectivity index is 1.53. The van der Waals surface area contributed by atoms with Crippen LogP contribution in [-0.4, -0.2) is 49.6 Å². The molecule has 1 N–H and O–H groups in total. The zero-order valence-electron chi connectivity index (χ0n) is 14.4. The summed E-state index contributed by atoms with van der Waals surface area (Å²) in [6, 6.07) is 6.81. The summed E-state index contributed by atoms with van der Waals surface area (Å²) in [5, 5.41) is 17.7. The van der Waals surface area contributed by atoms with E-state index in [0.717, 1.165) is 17.8 Å². The van der Waals surface area contributed by atoms with Crippen LogP contribution < -0.4 is 0 Å². The zero-order chi connectivity index (χ0) is 17.3. The number of nitrogens with zero attached hydrogens (tertiary/aromatic N) is 4. The highest BCUT2D eigenvalue weighted by Gasteiger charge is 2.41. The van der Waals surface area contributed by atoms with E-state index in [-0.39, 0.29) is 11.1 Å². The lowest BCUT2D eigenvalue weighted by molar-refractivity contribution is 0.0697. The van der Waals surface area contributed by atoms with Crippen molar-refractivity contribution >= 4 is 5.97 Å². The van der Waals surface area contributed by atoms with Crippen LogP contribution in [-0.2, 0) is 6.54 Å². The molecule has 132 valence electrons. The summed E-state index contributed by atoms with van der Waals surface area (Å²) in [4.78, 5) is 13.6. The minimum absolute atomic E-state index is 0.245. The van der Waals surface area contributed by atoms with Gasteiger partial charge in [0.25, 0.3) is 0 Å². The first-order chi connectivity index (χ1) is 12.2. The molecule has 1 aromatic heterocycles. The lowest BCUT2D eigenvalue weighted by atomic mass is 9.95. The fourth-order valence-electron chi connectivity index (χ4n) is 4.39. The van der Waals surface area contributed by atoms with Gasteiger partial charge in [0, 0.05) is 11.1 Å². The molecule has 2 aliphatic rings. The maximum absolute atomic E-state index is 11.0. The van der Waals surface area contributed by atoms with Gasteiger partial charge in [0.1, 0.15) is 5.69 Å². The molecule has 2 heterocycles. The second kappa shape index (κ2) is 6.59. The predicted molar refractivity (Wildman–Crippen MR) is 94.4 cm³/mol. The highest BCUT2D eigenvalue weighted by Crippen LogP contribution is 2.38. The highest BCUT2D eigenvalue weighted by molar-refractivity contribution is 5.88. The molecule has 1 saturated carbocycles. The van der Waals surface area contributed by atoms with E-state index in [2.05, 4.69) is 15.2 Å². The van der Waals surface area contributed by atoms with E-state index >= 15 is 0 Å². The zero-order valence-corrected chi connectivity index (χ0v) is 14.4. The van der Waals surface area contributed by atoms with Crippen LogP contribution in [0.3, 0.4) is 0 Å². The smallest absolute Gasteiger partial charge is 0.335 e. The van der Waals surface area contributed by atoms with Crippen LogP contribution in [0.25, 0.3) is 11.3 Å². The predicted octanol–water partition coefficient (Wildman–Crippen LogP) is 3.05. The fraction of sp³-hybridized carbons (Fsp3) is 0.526. The lowest BCUT2D eigenvalue weighted by Gasteiger charge is -2.38. The second-order valence-corrected chi connectivity index (χ2v) is 7.31. The number of hydrogen-bond acceptors (Lipinski definition) is 4. The van der Waals surface area contributed by atoms with Crippen molar-refractivity contribution in [1.82, 2.24) is 19.9 Å². The third kappa shape index (κ3) is 3.18. The summed E-state index contributed by atoms with van der Waals surface area (Å²) in [7, 11) is 0. The van der Waals surface area contributed by atoms with Crippen molar-refractivity contribution in [2.45, 2.75) is 50.6 Å². The van der Waals surface area contributed by atoms with Crippen molar-refractivity contribution in [3.8, 4) is 11.3 Å². The standard InChI is InChI=1S/C19H24N4O2/c24-18(25)16-7-5-15(6-8-16)17-13-23(21-20-17)14-19(9-1-2-10-19)22-11-3-4-12-22/h5-8,13H,1-4,9-12,14H2,(H,24,25). The van der Waals surface area contributed by atoms with E-state index in [0.29, 0.717) is 0 Å². The molecule has 0 spiro atoms. The monoisotopic (exact) mass is 340 g/mol. The molecular weight excluding hydrogens is 316 g/mol. The van der Waals surface area contributed by atoms with Crippen LogP contribution in [0.5, 0.6) is 0 Å². The normalized spacial score (nSPS) is 20.2. The van der Waals surface area contributed by atoms with Gasteiger partial charge < -0.3 is 5.11 Å². The molecule has 6 heteroatoms. The van der Waals surface area contributed by atoms with Crippen LogP contribution >= 0.6 is 0 Å². The minimum Gasteiger partial charge on any atom is -0.478 e. The van der Waals surface area contributed by atoms with Gasteiger partial charge in [0.2, 0.25) is 0 Å². The van der Waals surface area contributed by atoms with Gasteiger partial charge in [-0.2, -0.15) is 0 Å². The third-order valence-corrected chi connectivity index (χ3v) is 5.73. The van der Waals surface area contributed by atoms with Gasteiger partial charge in [-0.1, -0.05) is 30.2 Å². The number of hydrogen-bond donors (Lipinski definition) is 1. The molecule has 1 aliphatic carbocycles. The van der Waals surface area contributed by atoms with Crippen LogP contribution in [0.1, 0.15) is 48.9 Å². The van der Waals surface area contributed by atoms with E-state index in [1.807, 2.05) is 10.9 Å². The van der Waals surface area contributed by atoms with Crippen molar-refractivity contribution in [3.05, 3.63) is 36.0 Å². The number of carboxylic acids is 1. The maximum atomic E-state index is 11.0. The molecular formula is C19H24N4O2. The van der Waals surface area contributed by atoms with Gasteiger partial charge in [0.15, 0.2) is 0 Å². The average Bonchev–Trinajstić information content (AvgIpc) is 3.37. The van der Waals surface area contributed by atoms with Crippen LogP contribution in [0.2, 0.25) is 0 Å². The molecule has 1 aromatic carbocycles. The SMILES string of the molecule is O=C(O)c1ccc(-c2cn(CC3(N4CCCC4)CCCC3)nn2)cc1. The molecule has 0 bridgehead atoms. The summed E-state index contributed by atoms with van der Waals surface area (Å²) >= 11 is 0. The third-order valence-electron chi connectivity index (χ3n) is 5.73. The van der Waals surface area contributed by atoms with E-state index in [1.54, 1.807) is 24.3 Å². The average molecular weight is 340 g/mol. The molecule has 0 atom stereocenters. The van der Waals surface area contributed by atoms with Gasteiger partial charge in [-0.3, -0.25) is 9.58 Å². The number of rotatable bonds is 5. The van der Waals surface area contributed by atoms with Gasteiger partial charge in [-0.05, 0) is 50.9 Å². The van der Waals surface area contributed by atoms with E-state index in [4.69, 9.17) is 5.11 Å². The second-order valence-electron chi connectivity index (χ2n) is 7.31. The van der Waals surface area contributed by atoms with Gasteiger partial charge in [-0.15, -0.1) is 5.10 Å². The first kappa shape index (κ1) is 16.3. The summed E-state index contributed by atoms with van der Waals surface area (Å²) in [5.74, 6) is -0.913. The minimum atomic E-state index is -0.913. The Kier molecular flexibility index (Phi) is 4.29. The summed E-state index contributed by atoms with van der Waals surface area (Å²) in [6.45, 7) is 3.31. The van der Waals surface area contributed by atoms with Crippen molar-refractivity contribution in [1.29, 1.82) is 0 Å². The largest absolute Gasteiger partial charge is 0.478 e. The molecule has 25 heavy (non-hydrogen) atoms. The highest BCUT2D eigenvalue weighted by atomic mass is 16.4. The summed E-state index contributed by atoms with van der Waals surface area (Å²) in [5.41, 5.74) is 2.23. The molecule has 6 nitrogen and oxygen atoms in total. The Bertz CT molecular complexity index is 741. The molecule has 4 rings (SSSR count). The molecule has 1 aliphatic heterocycles. The Labute approximate surface area is 147 Å². The number of likely N-dealkylation sites (tertiary alicyclic amines) is 1. The summed E-state index contributed by atoms with van der Waals surface area (Å²) in [6.07, 6.45) is 9.70.